The van der Waals surface area contributed by atoms with Gasteiger partial charge in [-0.2, -0.15) is 31.6 Å². The van der Waals surface area contributed by atoms with Crippen molar-refractivity contribution in [1.29, 1.82) is 5.26 Å². The van der Waals surface area contributed by atoms with E-state index in [1.54, 1.807) is 18.2 Å². The number of benzene rings is 9. The largest absolute Gasteiger partial charge is 0.417 e. The standard InChI is InChI=1S/C59H37F6N3/c1-35-11-3-5-13-43(35)37-20-26-55-49(29-37)46-15-7-9-17-53(46)67(55)42-24-19-40(34-66)48(33-42)51-31-39(45-25-23-41(58(60,61)62)32-52(45)59(63,64)65)22-28-57(51)68-54-18-10-8-16-47(54)50-30-38(21-27-56(50)68)44-14-6-4-12-36(44)2/h3-33H,1-2H3. The van der Waals surface area contributed by atoms with E-state index in [1.807, 2.05) is 95.6 Å². The summed E-state index contributed by atoms with van der Waals surface area (Å²) in [6.07, 6.45) is -10.1. The maximum atomic E-state index is 14.9. The van der Waals surface area contributed by atoms with Gasteiger partial charge in [0.05, 0.1) is 50.5 Å². The number of halogens is 6. The van der Waals surface area contributed by atoms with Crippen molar-refractivity contribution in [1.82, 2.24) is 9.13 Å². The third-order valence-electron chi connectivity index (χ3n) is 13.1. The van der Waals surface area contributed by atoms with Gasteiger partial charge in [-0.3, -0.25) is 0 Å². The first-order valence-electron chi connectivity index (χ1n) is 21.9. The van der Waals surface area contributed by atoms with Crippen molar-refractivity contribution in [2.24, 2.45) is 0 Å². The van der Waals surface area contributed by atoms with Crippen molar-refractivity contribution >= 4 is 43.6 Å². The van der Waals surface area contributed by atoms with E-state index in [4.69, 9.17) is 0 Å². The lowest BCUT2D eigenvalue weighted by atomic mass is 9.91. The SMILES string of the molecule is Cc1ccccc1-c1ccc2c(c1)c1ccccc1n2-c1ccc(C#N)c(-c2cc(-c3ccc(C(F)(F)F)cc3C(F)(F)F)ccc2-n2c3ccccc3c3cc(-c4ccccc4C)ccc32)c1. The number of rotatable bonds is 6. The minimum Gasteiger partial charge on any atom is -0.309 e. The third kappa shape index (κ3) is 6.99. The van der Waals surface area contributed by atoms with Crippen LogP contribution >= 0.6 is 0 Å². The Kier molecular flexibility index (Phi) is 9.90. The number of hydrogen-bond acceptors (Lipinski definition) is 1. The van der Waals surface area contributed by atoms with Gasteiger partial charge in [-0.1, -0.05) is 109 Å². The summed E-state index contributed by atoms with van der Waals surface area (Å²) in [4.78, 5) is 0. The van der Waals surface area contributed by atoms with Gasteiger partial charge in [0.1, 0.15) is 0 Å². The van der Waals surface area contributed by atoms with Crippen LogP contribution in [0.4, 0.5) is 26.3 Å². The van der Waals surface area contributed by atoms with Crippen molar-refractivity contribution in [2.45, 2.75) is 26.2 Å². The minimum absolute atomic E-state index is 0.0299. The summed E-state index contributed by atoms with van der Waals surface area (Å²) in [5, 5.41) is 14.7. The molecule has 2 heterocycles. The summed E-state index contributed by atoms with van der Waals surface area (Å²) in [5.74, 6) is 0. The van der Waals surface area contributed by atoms with E-state index in [9.17, 15) is 31.6 Å². The van der Waals surface area contributed by atoms with Crippen LogP contribution in [0.3, 0.4) is 0 Å². The zero-order valence-electron chi connectivity index (χ0n) is 36.5. The Morgan fingerprint density at radius 2 is 0.912 bits per heavy atom. The molecular weight excluding hydrogens is 865 g/mol. The van der Waals surface area contributed by atoms with Crippen molar-refractivity contribution < 1.29 is 26.3 Å². The molecule has 0 atom stereocenters. The zero-order valence-corrected chi connectivity index (χ0v) is 36.5. The molecule has 0 aliphatic carbocycles. The highest BCUT2D eigenvalue weighted by Gasteiger charge is 2.38. The van der Waals surface area contributed by atoms with Gasteiger partial charge in [0.15, 0.2) is 0 Å². The Labute approximate surface area is 387 Å². The normalized spacial score (nSPS) is 12.1. The molecule has 0 bridgehead atoms. The number of aryl methyl sites for hydroxylation is 2. The molecule has 0 amide bonds. The van der Waals surface area contributed by atoms with Crippen LogP contribution in [-0.2, 0) is 12.4 Å². The van der Waals surface area contributed by atoms with Crippen LogP contribution < -0.4 is 0 Å². The quantitative estimate of drug-likeness (QED) is 0.153. The molecule has 0 spiro atoms. The van der Waals surface area contributed by atoms with Crippen molar-refractivity contribution in [3.05, 3.63) is 216 Å². The van der Waals surface area contributed by atoms with Crippen molar-refractivity contribution in [3.8, 4) is 62.0 Å². The number of alkyl halides is 6. The van der Waals surface area contributed by atoms with Crippen LogP contribution in [-0.4, -0.2) is 9.13 Å². The number of fused-ring (bicyclic) bond motifs is 6. The van der Waals surface area contributed by atoms with E-state index in [0.29, 0.717) is 28.6 Å². The van der Waals surface area contributed by atoms with Crippen LogP contribution in [0.1, 0.15) is 27.8 Å². The molecule has 0 N–H and O–H groups in total. The maximum absolute atomic E-state index is 14.9. The number of nitrogens with zero attached hydrogens (tertiary/aromatic N) is 3. The molecule has 0 radical (unpaired) electrons. The molecule has 0 aliphatic heterocycles. The molecule has 0 aliphatic rings. The smallest absolute Gasteiger partial charge is 0.309 e. The number of hydrogen-bond donors (Lipinski definition) is 0. The van der Waals surface area contributed by atoms with E-state index >= 15 is 0 Å². The van der Waals surface area contributed by atoms with Gasteiger partial charge >= 0.3 is 12.4 Å². The van der Waals surface area contributed by atoms with Gasteiger partial charge in [-0.15, -0.1) is 0 Å². The Hall–Kier alpha value is -8.35. The van der Waals surface area contributed by atoms with Gasteiger partial charge in [0, 0.05) is 38.4 Å². The van der Waals surface area contributed by atoms with Gasteiger partial charge in [0.2, 0.25) is 0 Å². The Balaban J connectivity index is 1.19. The molecule has 11 aromatic rings. The van der Waals surface area contributed by atoms with Crippen molar-refractivity contribution in [2.75, 3.05) is 0 Å². The zero-order chi connectivity index (χ0) is 47.1. The summed E-state index contributed by atoms with van der Waals surface area (Å²) < 4.78 is 90.5. The Bertz CT molecular complexity index is 3880. The average Bonchev–Trinajstić information content (AvgIpc) is 3.85. The predicted molar refractivity (Wildman–Crippen MR) is 261 cm³/mol. The van der Waals surface area contributed by atoms with E-state index in [1.165, 1.54) is 6.07 Å². The van der Waals surface area contributed by atoms with Crippen LogP contribution in [0, 0.1) is 25.2 Å². The molecule has 0 saturated carbocycles. The first-order chi connectivity index (χ1) is 32.8. The second kappa shape index (κ2) is 15.9. The molecule has 9 aromatic carbocycles. The minimum atomic E-state index is -5.12. The molecule has 0 saturated heterocycles. The van der Waals surface area contributed by atoms with E-state index in [-0.39, 0.29) is 17.2 Å². The second-order valence-electron chi connectivity index (χ2n) is 17.1. The predicted octanol–water partition coefficient (Wildman–Crippen LogP) is 17.1. The highest BCUT2D eigenvalue weighted by molar-refractivity contribution is 6.12. The van der Waals surface area contributed by atoms with Crippen molar-refractivity contribution in [3.63, 3.8) is 0 Å². The summed E-state index contributed by atoms with van der Waals surface area (Å²) in [6, 6.07) is 59.0. The van der Waals surface area contributed by atoms with Crippen LogP contribution in [0.25, 0.3) is 99.5 Å². The lowest BCUT2D eigenvalue weighted by Crippen LogP contribution is -2.12. The molecule has 68 heavy (non-hydrogen) atoms. The molecular formula is C59H37F6N3. The highest BCUT2D eigenvalue weighted by atomic mass is 19.4. The fourth-order valence-electron chi connectivity index (χ4n) is 9.92. The van der Waals surface area contributed by atoms with E-state index in [2.05, 4.69) is 79.1 Å². The molecule has 3 nitrogen and oxygen atoms in total. The van der Waals surface area contributed by atoms with Gasteiger partial charge in [-0.25, -0.2) is 0 Å². The molecule has 0 fully saturated rings. The first-order valence-corrected chi connectivity index (χ1v) is 21.9. The lowest BCUT2D eigenvalue weighted by molar-refractivity contribution is -0.142. The lowest BCUT2D eigenvalue weighted by Gasteiger charge is -2.20. The van der Waals surface area contributed by atoms with Gasteiger partial charge < -0.3 is 9.13 Å². The Morgan fingerprint density at radius 3 is 1.49 bits per heavy atom. The Morgan fingerprint density at radius 1 is 0.397 bits per heavy atom. The molecule has 330 valence electrons. The first kappa shape index (κ1) is 42.3. The summed E-state index contributed by atoms with van der Waals surface area (Å²) in [7, 11) is 0. The number of aromatic nitrogens is 2. The fourth-order valence-corrected chi connectivity index (χ4v) is 9.92. The second-order valence-corrected chi connectivity index (χ2v) is 17.1. The number of para-hydroxylation sites is 2. The molecule has 2 aromatic heterocycles. The molecule has 9 heteroatoms. The van der Waals surface area contributed by atoms with Crippen LogP contribution in [0.2, 0.25) is 0 Å². The summed E-state index contributed by atoms with van der Waals surface area (Å²) in [5.41, 5.74) is 9.02. The van der Waals surface area contributed by atoms with E-state index in [0.717, 1.165) is 83.1 Å². The highest BCUT2D eigenvalue weighted by Crippen LogP contribution is 2.46. The van der Waals surface area contributed by atoms with Crippen LogP contribution in [0.5, 0.6) is 0 Å². The fraction of sp³-hybridized carbons (Fsp3) is 0.0678. The molecule has 0 unspecified atom stereocenters. The third-order valence-corrected chi connectivity index (χ3v) is 13.1. The average molecular weight is 902 g/mol. The monoisotopic (exact) mass is 901 g/mol. The summed E-state index contributed by atoms with van der Waals surface area (Å²) in [6.45, 7) is 4.13. The number of nitriles is 1. The maximum Gasteiger partial charge on any atom is 0.417 e. The topological polar surface area (TPSA) is 33.6 Å². The van der Waals surface area contributed by atoms with Gasteiger partial charge in [-0.05, 0) is 137 Å². The van der Waals surface area contributed by atoms with Crippen LogP contribution in [0.15, 0.2) is 188 Å². The van der Waals surface area contributed by atoms with E-state index < -0.39 is 29.0 Å². The summed E-state index contributed by atoms with van der Waals surface area (Å²) >= 11 is 0. The van der Waals surface area contributed by atoms with Gasteiger partial charge in [0.25, 0.3) is 0 Å². The molecule has 11 rings (SSSR count).